The van der Waals surface area contributed by atoms with Gasteiger partial charge in [0.1, 0.15) is 23.0 Å². The highest BCUT2D eigenvalue weighted by molar-refractivity contribution is 5.97. The Labute approximate surface area is 229 Å². The minimum absolute atomic E-state index is 0.158. The second-order valence-corrected chi connectivity index (χ2v) is 8.83. The number of carboxylic acids is 2. The van der Waals surface area contributed by atoms with Gasteiger partial charge in [-0.1, -0.05) is 17.4 Å². The Hall–Kier alpha value is -5.66. The molecule has 5 aromatic rings. The highest BCUT2D eigenvalue weighted by Crippen LogP contribution is 2.25. The maximum atomic E-state index is 14.2. The first-order valence-electron chi connectivity index (χ1n) is 12.1. The van der Waals surface area contributed by atoms with Crippen molar-refractivity contribution in [2.75, 3.05) is 0 Å². The van der Waals surface area contributed by atoms with Gasteiger partial charge in [0.05, 0.1) is 46.3 Å². The monoisotopic (exact) mass is 559 g/mol. The summed E-state index contributed by atoms with van der Waals surface area (Å²) >= 11 is 0. The molecule has 0 amide bonds. The Morgan fingerprint density at radius 3 is 1.59 bits per heavy atom. The van der Waals surface area contributed by atoms with Crippen molar-refractivity contribution >= 4 is 17.7 Å². The third-order valence-corrected chi connectivity index (χ3v) is 6.03. The number of aromatic carboxylic acids is 2. The molecule has 0 saturated carbocycles. The van der Waals surface area contributed by atoms with Gasteiger partial charge in [-0.3, -0.25) is 4.79 Å². The van der Waals surface area contributed by atoms with E-state index in [1.54, 1.807) is 0 Å². The fourth-order valence-electron chi connectivity index (χ4n) is 3.98. The Morgan fingerprint density at radius 2 is 1.20 bits per heavy atom. The number of halogens is 2. The molecule has 0 atom stereocenters. The number of hydrogen-bond donors (Lipinski definition) is 2. The molecule has 0 unspecified atom stereocenters. The van der Waals surface area contributed by atoms with Crippen LogP contribution in [0, 0.1) is 11.6 Å². The normalized spacial score (nSPS) is 11.0. The minimum atomic E-state index is -1.40. The van der Waals surface area contributed by atoms with Crippen molar-refractivity contribution in [3.8, 4) is 34.2 Å². The zero-order valence-corrected chi connectivity index (χ0v) is 21.2. The molecule has 12 nitrogen and oxygen atoms in total. The van der Waals surface area contributed by atoms with E-state index in [1.807, 2.05) is 6.92 Å². The van der Waals surface area contributed by atoms with Crippen LogP contribution in [0.3, 0.4) is 0 Å². The lowest BCUT2D eigenvalue weighted by Crippen LogP contribution is -2.03. The third-order valence-electron chi connectivity index (χ3n) is 6.03. The first-order chi connectivity index (χ1) is 19.6. The lowest BCUT2D eigenvalue weighted by molar-refractivity contribution is 0.0680. The fourth-order valence-corrected chi connectivity index (χ4v) is 3.98. The molecule has 41 heavy (non-hydrogen) atoms. The zero-order chi connectivity index (χ0) is 29.3. The second-order valence-electron chi connectivity index (χ2n) is 8.83. The lowest BCUT2D eigenvalue weighted by Gasteiger charge is -2.06. The number of nitrogens with zero attached hydrogens (tertiary/aromatic N) is 7. The summed E-state index contributed by atoms with van der Waals surface area (Å²) in [5, 5.41) is 34.3. The topological polar surface area (TPSA) is 166 Å². The van der Waals surface area contributed by atoms with E-state index in [4.69, 9.17) is 10.2 Å². The van der Waals surface area contributed by atoms with Crippen LogP contribution in [0.2, 0.25) is 0 Å². The summed E-state index contributed by atoms with van der Waals surface area (Å²) in [5.74, 6) is -4.86. The molecule has 3 aromatic heterocycles. The SMILES string of the molecule is CCCC(=O)c1cc(-c2cn(-c3ccc(C(=O)O)c(F)c3)nn2)nc(-c2cn(-c3ccc(C(=O)O)c(F)c3)nn2)c1. The van der Waals surface area contributed by atoms with E-state index in [0.29, 0.717) is 12.0 Å². The molecule has 14 heteroatoms. The maximum absolute atomic E-state index is 14.2. The molecule has 5 rings (SSSR count). The van der Waals surface area contributed by atoms with Crippen molar-refractivity contribution in [3.63, 3.8) is 0 Å². The van der Waals surface area contributed by atoms with E-state index in [0.717, 1.165) is 24.3 Å². The summed E-state index contributed by atoms with van der Waals surface area (Å²) in [4.78, 5) is 39.6. The fraction of sp³-hybridized carbons (Fsp3) is 0.111. The average molecular weight is 559 g/mol. The second kappa shape index (κ2) is 10.8. The molecular formula is C27H19F2N7O5. The zero-order valence-electron chi connectivity index (χ0n) is 21.2. The van der Waals surface area contributed by atoms with Gasteiger partial charge < -0.3 is 10.2 Å². The van der Waals surface area contributed by atoms with Gasteiger partial charge in [-0.05, 0) is 42.8 Å². The van der Waals surface area contributed by atoms with Crippen LogP contribution in [0.5, 0.6) is 0 Å². The van der Waals surface area contributed by atoms with Crippen molar-refractivity contribution in [3.05, 3.63) is 89.2 Å². The minimum Gasteiger partial charge on any atom is -0.478 e. The molecule has 0 radical (unpaired) electrons. The van der Waals surface area contributed by atoms with Gasteiger partial charge in [-0.2, -0.15) is 0 Å². The highest BCUT2D eigenvalue weighted by Gasteiger charge is 2.18. The average Bonchev–Trinajstić information content (AvgIpc) is 3.63. The molecule has 206 valence electrons. The molecule has 0 spiro atoms. The summed E-state index contributed by atoms with van der Waals surface area (Å²) in [7, 11) is 0. The number of aromatic nitrogens is 7. The van der Waals surface area contributed by atoms with Crippen LogP contribution in [0.4, 0.5) is 8.78 Å². The van der Waals surface area contributed by atoms with Crippen molar-refractivity contribution in [2.45, 2.75) is 19.8 Å². The number of hydrogen-bond acceptors (Lipinski definition) is 8. The molecule has 0 bridgehead atoms. The molecule has 0 aliphatic carbocycles. The molecule has 2 aromatic carbocycles. The number of pyridine rings is 1. The Kier molecular flexibility index (Phi) is 7.12. The number of benzene rings is 2. The molecule has 0 aliphatic heterocycles. The Balaban J connectivity index is 1.53. The van der Waals surface area contributed by atoms with Crippen molar-refractivity contribution in [2.24, 2.45) is 0 Å². The number of carboxylic acid groups (broad SMARTS) is 2. The van der Waals surface area contributed by atoms with Crippen molar-refractivity contribution < 1.29 is 33.4 Å². The Bertz CT molecular complexity index is 1710. The maximum Gasteiger partial charge on any atom is 0.338 e. The molecular weight excluding hydrogens is 540 g/mol. The van der Waals surface area contributed by atoms with Gasteiger partial charge in [-0.15, -0.1) is 10.2 Å². The van der Waals surface area contributed by atoms with Crippen LogP contribution < -0.4 is 0 Å². The van der Waals surface area contributed by atoms with Crippen molar-refractivity contribution in [1.29, 1.82) is 0 Å². The summed E-state index contributed by atoms with van der Waals surface area (Å²) in [6.07, 6.45) is 3.76. The standard InChI is InChI=1S/C27H19F2N7O5/c1-2-3-25(37)14-8-21(23-12-35(33-31-23)15-4-6-17(26(38)39)19(28)10-15)30-22(9-14)24-13-36(34-32-24)16-5-7-18(27(40)41)20(29)11-16/h4-13H,2-3H2,1H3,(H,38,39)(H,40,41). The van der Waals surface area contributed by atoms with E-state index in [9.17, 15) is 23.2 Å². The quantitative estimate of drug-likeness (QED) is 0.250. The van der Waals surface area contributed by atoms with Gasteiger partial charge in [-0.25, -0.2) is 32.7 Å². The lowest BCUT2D eigenvalue weighted by atomic mass is 10.0. The van der Waals surface area contributed by atoms with Gasteiger partial charge in [0, 0.05) is 24.1 Å². The van der Waals surface area contributed by atoms with Gasteiger partial charge in [0.25, 0.3) is 0 Å². The third kappa shape index (κ3) is 5.43. The number of Topliss-reactive ketones (excluding diaryl/α,β-unsaturated/α-hetero) is 1. The molecule has 2 N–H and O–H groups in total. The molecule has 0 saturated heterocycles. The van der Waals surface area contributed by atoms with Crippen LogP contribution in [-0.4, -0.2) is 62.9 Å². The highest BCUT2D eigenvalue weighted by atomic mass is 19.1. The van der Waals surface area contributed by atoms with Crippen LogP contribution >= 0.6 is 0 Å². The van der Waals surface area contributed by atoms with Crippen LogP contribution in [0.15, 0.2) is 60.9 Å². The summed E-state index contributed by atoms with van der Waals surface area (Å²) in [5.41, 5.74) is 0.752. The van der Waals surface area contributed by atoms with E-state index >= 15 is 0 Å². The molecule has 3 heterocycles. The smallest absolute Gasteiger partial charge is 0.338 e. The molecule has 0 aliphatic rings. The van der Waals surface area contributed by atoms with E-state index in [2.05, 4.69) is 25.6 Å². The van der Waals surface area contributed by atoms with Gasteiger partial charge >= 0.3 is 11.9 Å². The summed E-state index contributed by atoms with van der Waals surface area (Å²) < 4.78 is 30.9. The van der Waals surface area contributed by atoms with Crippen LogP contribution in [0.1, 0.15) is 50.8 Å². The number of carbonyl (C=O) groups is 3. The predicted octanol–water partition coefficient (Wildman–Crippen LogP) is 4.23. The van der Waals surface area contributed by atoms with Crippen molar-refractivity contribution in [1.82, 2.24) is 35.0 Å². The van der Waals surface area contributed by atoms with E-state index in [-0.39, 0.29) is 46.4 Å². The number of ketones is 1. The molecule has 0 fully saturated rings. The van der Waals surface area contributed by atoms with Crippen LogP contribution in [-0.2, 0) is 0 Å². The summed E-state index contributed by atoms with van der Waals surface area (Å²) in [6, 6.07) is 10.0. The largest absolute Gasteiger partial charge is 0.478 e. The Morgan fingerprint density at radius 1 is 0.732 bits per heavy atom. The van der Waals surface area contributed by atoms with Gasteiger partial charge in [0.2, 0.25) is 0 Å². The number of carbonyl (C=O) groups excluding carboxylic acids is 1. The van der Waals surface area contributed by atoms with E-state index < -0.39 is 34.7 Å². The first kappa shape index (κ1) is 26.9. The number of rotatable bonds is 9. The van der Waals surface area contributed by atoms with Gasteiger partial charge in [0.15, 0.2) is 5.78 Å². The summed E-state index contributed by atoms with van der Waals surface area (Å²) in [6.45, 7) is 1.86. The van der Waals surface area contributed by atoms with Crippen LogP contribution in [0.25, 0.3) is 34.2 Å². The van der Waals surface area contributed by atoms with E-state index in [1.165, 1.54) is 46.0 Å². The first-order valence-corrected chi connectivity index (χ1v) is 12.1. The predicted molar refractivity (Wildman–Crippen MR) is 138 cm³/mol.